The fourth-order valence-corrected chi connectivity index (χ4v) is 1.23. The third kappa shape index (κ3) is 5.68. The summed E-state index contributed by atoms with van der Waals surface area (Å²) >= 11 is 0. The molecule has 112 valence electrons. The van der Waals surface area contributed by atoms with Gasteiger partial charge in [-0.25, -0.2) is 4.79 Å². The van der Waals surface area contributed by atoms with E-state index in [4.69, 9.17) is 4.74 Å². The van der Waals surface area contributed by atoms with E-state index in [0.29, 0.717) is 0 Å². The standard InChI is InChI=1S/C12H14F3NO4/c1-11(2,3)20-10(18)16-8-6-7(4-5-9(8)17)19-12(13,14)15/h4-6,17H,1-3H3,(H,16,18). The molecule has 0 unspecified atom stereocenters. The van der Waals surface area contributed by atoms with Crippen LogP contribution in [0, 0.1) is 0 Å². The molecule has 1 aromatic carbocycles. The van der Waals surface area contributed by atoms with Crippen LogP contribution in [0.3, 0.4) is 0 Å². The molecular weight excluding hydrogens is 279 g/mol. The molecule has 20 heavy (non-hydrogen) atoms. The van der Waals surface area contributed by atoms with Gasteiger partial charge in [0.25, 0.3) is 0 Å². The fourth-order valence-electron chi connectivity index (χ4n) is 1.23. The van der Waals surface area contributed by atoms with Gasteiger partial charge in [0.05, 0.1) is 5.69 Å². The number of anilines is 1. The van der Waals surface area contributed by atoms with Crippen LogP contribution in [0.15, 0.2) is 18.2 Å². The van der Waals surface area contributed by atoms with Gasteiger partial charge in [-0.15, -0.1) is 13.2 Å². The quantitative estimate of drug-likeness (QED) is 0.817. The summed E-state index contributed by atoms with van der Waals surface area (Å²) in [7, 11) is 0. The summed E-state index contributed by atoms with van der Waals surface area (Å²) in [6, 6.07) is 2.73. The molecule has 0 fully saturated rings. The Morgan fingerprint density at radius 1 is 1.25 bits per heavy atom. The third-order valence-electron chi connectivity index (χ3n) is 1.84. The minimum Gasteiger partial charge on any atom is -0.506 e. The number of aromatic hydroxyl groups is 1. The van der Waals surface area contributed by atoms with Crippen LogP contribution in [0.4, 0.5) is 23.7 Å². The second-order valence-corrected chi connectivity index (χ2v) is 4.85. The summed E-state index contributed by atoms with van der Waals surface area (Å²) in [5.41, 5.74) is -1.03. The van der Waals surface area contributed by atoms with Crippen molar-refractivity contribution in [2.75, 3.05) is 5.32 Å². The molecule has 0 saturated heterocycles. The lowest BCUT2D eigenvalue weighted by Gasteiger charge is -2.20. The van der Waals surface area contributed by atoms with Crippen LogP contribution in [0.25, 0.3) is 0 Å². The summed E-state index contributed by atoms with van der Waals surface area (Å²) in [6.45, 7) is 4.86. The smallest absolute Gasteiger partial charge is 0.506 e. The maximum absolute atomic E-state index is 12.1. The number of rotatable bonds is 2. The first-order chi connectivity index (χ1) is 8.96. The van der Waals surface area contributed by atoms with Gasteiger partial charge in [0.2, 0.25) is 0 Å². The lowest BCUT2D eigenvalue weighted by molar-refractivity contribution is -0.274. The molecule has 1 amide bonds. The zero-order chi connectivity index (χ0) is 15.6. The molecule has 0 heterocycles. The predicted octanol–water partition coefficient (Wildman–Crippen LogP) is 3.64. The highest BCUT2D eigenvalue weighted by Crippen LogP contribution is 2.31. The summed E-state index contributed by atoms with van der Waals surface area (Å²) in [6.07, 6.45) is -5.77. The molecule has 0 aliphatic rings. The second-order valence-electron chi connectivity index (χ2n) is 4.85. The molecule has 0 aromatic heterocycles. The number of carbonyl (C=O) groups is 1. The van der Waals surface area contributed by atoms with Gasteiger partial charge in [0, 0.05) is 6.07 Å². The fraction of sp³-hybridized carbons (Fsp3) is 0.417. The van der Waals surface area contributed by atoms with Crippen molar-refractivity contribution in [2.24, 2.45) is 0 Å². The minimum absolute atomic E-state index is 0.249. The first-order valence-corrected chi connectivity index (χ1v) is 5.55. The topological polar surface area (TPSA) is 67.8 Å². The molecule has 0 aliphatic heterocycles. The first kappa shape index (κ1) is 15.9. The number of phenols is 1. The molecule has 1 rings (SSSR count). The van der Waals surface area contributed by atoms with Gasteiger partial charge in [-0.1, -0.05) is 0 Å². The van der Waals surface area contributed by atoms with Gasteiger partial charge in [0.15, 0.2) is 0 Å². The Kier molecular flexibility index (Phi) is 4.36. The maximum Gasteiger partial charge on any atom is 0.573 e. The van der Waals surface area contributed by atoms with E-state index in [0.717, 1.165) is 18.2 Å². The van der Waals surface area contributed by atoms with Crippen LogP contribution in [0.1, 0.15) is 20.8 Å². The van der Waals surface area contributed by atoms with Crippen molar-refractivity contribution in [1.29, 1.82) is 0 Å². The van der Waals surface area contributed by atoms with Crippen molar-refractivity contribution in [3.05, 3.63) is 18.2 Å². The Hall–Kier alpha value is -2.12. The molecular formula is C12H14F3NO4. The van der Waals surface area contributed by atoms with Crippen LogP contribution in [0.5, 0.6) is 11.5 Å². The van der Waals surface area contributed by atoms with Crippen LogP contribution >= 0.6 is 0 Å². The molecule has 1 aromatic rings. The third-order valence-corrected chi connectivity index (χ3v) is 1.84. The molecule has 5 nitrogen and oxygen atoms in total. The number of phenolic OH excluding ortho intramolecular Hbond substituents is 1. The minimum atomic E-state index is -4.86. The van der Waals surface area contributed by atoms with Gasteiger partial charge in [-0.2, -0.15) is 0 Å². The zero-order valence-corrected chi connectivity index (χ0v) is 11.0. The Bertz CT molecular complexity index is 494. The highest BCUT2D eigenvalue weighted by Gasteiger charge is 2.31. The number of amides is 1. The monoisotopic (exact) mass is 293 g/mol. The van der Waals surface area contributed by atoms with Crippen LogP contribution < -0.4 is 10.1 Å². The number of nitrogens with one attached hydrogen (secondary N) is 1. The average Bonchev–Trinajstić information content (AvgIpc) is 2.18. The molecule has 0 aliphatic carbocycles. The predicted molar refractivity (Wildman–Crippen MR) is 64.6 cm³/mol. The van der Waals surface area contributed by atoms with Crippen molar-refractivity contribution < 1.29 is 32.5 Å². The van der Waals surface area contributed by atoms with Crippen molar-refractivity contribution in [3.8, 4) is 11.5 Å². The highest BCUT2D eigenvalue weighted by molar-refractivity contribution is 5.87. The van der Waals surface area contributed by atoms with E-state index in [1.54, 1.807) is 20.8 Å². The number of hydrogen-bond acceptors (Lipinski definition) is 4. The van der Waals surface area contributed by atoms with E-state index in [9.17, 15) is 23.1 Å². The summed E-state index contributed by atoms with van der Waals surface area (Å²) in [4.78, 5) is 11.5. The molecule has 0 atom stereocenters. The van der Waals surface area contributed by atoms with E-state index in [1.165, 1.54) is 0 Å². The van der Waals surface area contributed by atoms with Crippen molar-refractivity contribution >= 4 is 11.8 Å². The molecule has 0 saturated carbocycles. The lowest BCUT2D eigenvalue weighted by atomic mass is 10.2. The zero-order valence-electron chi connectivity index (χ0n) is 11.0. The van der Waals surface area contributed by atoms with Crippen molar-refractivity contribution in [1.82, 2.24) is 0 Å². The van der Waals surface area contributed by atoms with E-state index >= 15 is 0 Å². The summed E-state index contributed by atoms with van der Waals surface area (Å²) < 4.78 is 44.8. The largest absolute Gasteiger partial charge is 0.573 e. The van der Waals surface area contributed by atoms with Gasteiger partial charge in [-0.3, -0.25) is 5.32 Å². The maximum atomic E-state index is 12.1. The van der Waals surface area contributed by atoms with Crippen molar-refractivity contribution in [3.63, 3.8) is 0 Å². The van der Waals surface area contributed by atoms with Crippen molar-refractivity contribution in [2.45, 2.75) is 32.7 Å². The number of benzene rings is 1. The Morgan fingerprint density at radius 3 is 2.35 bits per heavy atom. The van der Waals surface area contributed by atoms with E-state index in [-0.39, 0.29) is 5.69 Å². The Morgan fingerprint density at radius 2 is 1.85 bits per heavy atom. The summed E-state index contributed by atoms with van der Waals surface area (Å²) in [5.74, 6) is -0.980. The first-order valence-electron chi connectivity index (χ1n) is 5.55. The molecule has 8 heteroatoms. The average molecular weight is 293 g/mol. The normalized spacial score (nSPS) is 11.9. The molecule has 0 radical (unpaired) electrons. The van der Waals surface area contributed by atoms with Crippen LogP contribution in [0.2, 0.25) is 0 Å². The van der Waals surface area contributed by atoms with Crippen LogP contribution in [-0.2, 0) is 4.74 Å². The lowest BCUT2D eigenvalue weighted by Crippen LogP contribution is -2.27. The molecule has 2 N–H and O–H groups in total. The second kappa shape index (κ2) is 5.48. The van der Waals surface area contributed by atoms with Gasteiger partial charge in [0.1, 0.15) is 17.1 Å². The van der Waals surface area contributed by atoms with Crippen LogP contribution in [-0.4, -0.2) is 23.2 Å². The Balaban J connectivity index is 2.84. The van der Waals surface area contributed by atoms with Gasteiger partial charge < -0.3 is 14.6 Å². The number of alkyl halides is 3. The van der Waals surface area contributed by atoms with Gasteiger partial charge >= 0.3 is 12.5 Å². The van der Waals surface area contributed by atoms with E-state index in [2.05, 4.69) is 10.1 Å². The SMILES string of the molecule is CC(C)(C)OC(=O)Nc1cc(OC(F)(F)F)ccc1O. The summed E-state index contributed by atoms with van der Waals surface area (Å²) in [5, 5.41) is 11.6. The van der Waals surface area contributed by atoms with Gasteiger partial charge in [-0.05, 0) is 32.9 Å². The van der Waals surface area contributed by atoms with E-state index < -0.39 is 29.6 Å². The number of hydrogen-bond donors (Lipinski definition) is 2. The molecule has 0 bridgehead atoms. The van der Waals surface area contributed by atoms with E-state index in [1.807, 2.05) is 0 Å². The number of halogens is 3. The molecule has 0 spiro atoms. The highest BCUT2D eigenvalue weighted by atomic mass is 19.4. The Labute approximate surface area is 113 Å². The number of ether oxygens (including phenoxy) is 2. The number of carbonyl (C=O) groups excluding carboxylic acids is 1.